The summed E-state index contributed by atoms with van der Waals surface area (Å²) < 4.78 is 15.7. The minimum Gasteiger partial charge on any atom is -0.497 e. The zero-order chi connectivity index (χ0) is 18.7. The number of rotatable bonds is 6. The van der Waals surface area contributed by atoms with Crippen LogP contribution in [-0.2, 0) is 6.61 Å². The highest BCUT2D eigenvalue weighted by Crippen LogP contribution is 2.37. The van der Waals surface area contributed by atoms with E-state index in [4.69, 9.17) is 37.2 Å². The van der Waals surface area contributed by atoms with Crippen LogP contribution in [-0.4, -0.2) is 23.0 Å². The van der Waals surface area contributed by atoms with E-state index in [1.807, 2.05) is 24.3 Å². The van der Waals surface area contributed by atoms with E-state index in [-0.39, 0.29) is 17.5 Å². The predicted molar refractivity (Wildman–Crippen MR) is 97.1 cm³/mol. The second-order valence-corrected chi connectivity index (χ2v) is 6.20. The normalized spacial score (nSPS) is 10.6. The van der Waals surface area contributed by atoms with Crippen LogP contribution < -0.4 is 9.47 Å². The van der Waals surface area contributed by atoms with Crippen molar-refractivity contribution in [2.75, 3.05) is 7.11 Å². The number of carbonyl (C=O) groups is 1. The van der Waals surface area contributed by atoms with Gasteiger partial charge in [-0.2, -0.15) is 4.98 Å². The molecule has 0 amide bonds. The number of hydrogen-bond acceptors (Lipinski definition) is 6. The lowest BCUT2D eigenvalue weighted by Crippen LogP contribution is -1.97. The highest BCUT2D eigenvalue weighted by atomic mass is 35.5. The van der Waals surface area contributed by atoms with Crippen LogP contribution in [0.5, 0.6) is 11.5 Å². The van der Waals surface area contributed by atoms with E-state index in [0.717, 1.165) is 11.3 Å². The maximum absolute atomic E-state index is 11.3. The van der Waals surface area contributed by atoms with Crippen molar-refractivity contribution in [2.45, 2.75) is 13.5 Å². The average molecular weight is 393 g/mol. The molecule has 0 aliphatic heterocycles. The monoisotopic (exact) mass is 392 g/mol. The molecule has 8 heteroatoms. The fraction of sp³-hybridized carbons (Fsp3) is 0.167. The molecule has 1 heterocycles. The van der Waals surface area contributed by atoms with Crippen LogP contribution in [0.3, 0.4) is 0 Å². The van der Waals surface area contributed by atoms with Gasteiger partial charge >= 0.3 is 0 Å². The Bertz CT molecular complexity index is 916. The van der Waals surface area contributed by atoms with Crippen molar-refractivity contribution in [2.24, 2.45) is 0 Å². The van der Waals surface area contributed by atoms with Crippen LogP contribution in [0, 0.1) is 0 Å². The van der Waals surface area contributed by atoms with Crippen molar-refractivity contribution in [3.63, 3.8) is 0 Å². The summed E-state index contributed by atoms with van der Waals surface area (Å²) in [5.41, 5.74) is 1.46. The third-order valence-electron chi connectivity index (χ3n) is 3.53. The summed E-state index contributed by atoms with van der Waals surface area (Å²) in [5, 5.41) is 4.35. The number of methoxy groups -OCH3 is 1. The molecule has 0 aliphatic rings. The Morgan fingerprint density at radius 2 is 1.81 bits per heavy atom. The van der Waals surface area contributed by atoms with Gasteiger partial charge in [0, 0.05) is 12.5 Å². The zero-order valence-electron chi connectivity index (χ0n) is 14.0. The van der Waals surface area contributed by atoms with E-state index >= 15 is 0 Å². The molecule has 0 unspecified atom stereocenters. The average Bonchev–Trinajstić information content (AvgIpc) is 3.12. The third-order valence-corrected chi connectivity index (χ3v) is 4.09. The van der Waals surface area contributed by atoms with Crippen molar-refractivity contribution in [1.82, 2.24) is 10.1 Å². The third kappa shape index (κ3) is 3.98. The molecule has 0 radical (unpaired) electrons. The van der Waals surface area contributed by atoms with Crippen LogP contribution >= 0.6 is 23.2 Å². The summed E-state index contributed by atoms with van der Waals surface area (Å²) in [6.45, 7) is 1.63. The number of ether oxygens (including phenoxy) is 2. The quantitative estimate of drug-likeness (QED) is 0.559. The molecule has 0 fully saturated rings. The number of nitrogens with zero attached hydrogens (tertiary/aromatic N) is 2. The number of Topliss-reactive ketones (excluding diaryl/α,β-unsaturated/α-hetero) is 1. The molecular weight excluding hydrogens is 379 g/mol. The lowest BCUT2D eigenvalue weighted by atomic mass is 10.2. The van der Waals surface area contributed by atoms with Crippen LogP contribution in [0.4, 0.5) is 0 Å². The number of ketones is 1. The molecule has 26 heavy (non-hydrogen) atoms. The fourth-order valence-corrected chi connectivity index (χ4v) is 2.78. The molecule has 0 atom stereocenters. The summed E-state index contributed by atoms with van der Waals surface area (Å²) in [4.78, 5) is 15.3. The predicted octanol–water partition coefficient (Wildman–Crippen LogP) is 4.83. The van der Waals surface area contributed by atoms with Gasteiger partial charge in [-0.15, -0.1) is 0 Å². The van der Waals surface area contributed by atoms with Crippen molar-refractivity contribution >= 4 is 29.0 Å². The van der Waals surface area contributed by atoms with Gasteiger partial charge in [-0.05, 0) is 29.8 Å². The second kappa shape index (κ2) is 7.76. The summed E-state index contributed by atoms with van der Waals surface area (Å²) in [7, 11) is 1.61. The minimum absolute atomic E-state index is 0.0768. The molecule has 0 spiro atoms. The Morgan fingerprint density at radius 3 is 2.35 bits per heavy atom. The topological polar surface area (TPSA) is 74.5 Å². The maximum atomic E-state index is 11.3. The first-order valence-corrected chi connectivity index (χ1v) is 8.33. The summed E-state index contributed by atoms with van der Waals surface area (Å²) in [5.74, 6) is 0.940. The number of carbonyl (C=O) groups excluding carboxylic acids is 1. The van der Waals surface area contributed by atoms with Gasteiger partial charge in [0.2, 0.25) is 11.6 Å². The largest absolute Gasteiger partial charge is 0.497 e. The first kappa shape index (κ1) is 18.2. The fourth-order valence-electron chi connectivity index (χ4n) is 2.19. The molecule has 0 N–H and O–H groups in total. The van der Waals surface area contributed by atoms with Gasteiger partial charge in [0.15, 0.2) is 5.75 Å². The van der Waals surface area contributed by atoms with Gasteiger partial charge in [-0.1, -0.05) is 40.5 Å². The summed E-state index contributed by atoms with van der Waals surface area (Å²) >= 11 is 12.6. The number of halogens is 2. The van der Waals surface area contributed by atoms with E-state index in [9.17, 15) is 4.79 Å². The summed E-state index contributed by atoms with van der Waals surface area (Å²) in [6, 6.07) is 10.7. The number of hydrogen-bond donors (Lipinski definition) is 0. The van der Waals surface area contributed by atoms with Gasteiger partial charge in [0.05, 0.1) is 17.2 Å². The Morgan fingerprint density at radius 1 is 1.15 bits per heavy atom. The van der Waals surface area contributed by atoms with Crippen LogP contribution in [0.2, 0.25) is 10.0 Å². The second-order valence-electron chi connectivity index (χ2n) is 5.39. The van der Waals surface area contributed by atoms with Crippen LogP contribution in [0.25, 0.3) is 11.4 Å². The highest BCUT2D eigenvalue weighted by Gasteiger charge is 2.16. The Labute approximate surface area is 159 Å². The van der Waals surface area contributed by atoms with Gasteiger partial charge in [-0.25, -0.2) is 0 Å². The molecule has 0 bridgehead atoms. The van der Waals surface area contributed by atoms with Gasteiger partial charge in [0.25, 0.3) is 5.89 Å². The molecule has 0 saturated heterocycles. The molecule has 2 aromatic carbocycles. The van der Waals surface area contributed by atoms with Crippen molar-refractivity contribution < 1.29 is 18.8 Å². The molecular formula is C18H14Cl2N2O4. The van der Waals surface area contributed by atoms with Crippen molar-refractivity contribution in [3.05, 3.63) is 57.9 Å². The Balaban J connectivity index is 1.79. The van der Waals surface area contributed by atoms with Crippen LogP contribution in [0.1, 0.15) is 23.2 Å². The first-order valence-electron chi connectivity index (χ1n) is 7.57. The molecule has 0 aliphatic carbocycles. The molecule has 3 rings (SSSR count). The smallest absolute Gasteiger partial charge is 0.294 e. The standard InChI is InChI=1S/C18H14Cl2N2O4/c1-10(23)18-21-17(22-26-18)12-7-14(19)16(15(20)8-12)25-9-11-3-5-13(24-2)6-4-11/h3-8H,9H2,1-2H3. The van der Waals surface area contributed by atoms with Gasteiger partial charge in [0.1, 0.15) is 12.4 Å². The maximum Gasteiger partial charge on any atom is 0.294 e. The van der Waals surface area contributed by atoms with E-state index in [0.29, 0.717) is 28.0 Å². The Hall–Kier alpha value is -2.57. The molecule has 3 aromatic rings. The first-order chi connectivity index (χ1) is 12.5. The van der Waals surface area contributed by atoms with E-state index < -0.39 is 0 Å². The number of benzene rings is 2. The molecule has 0 saturated carbocycles. The zero-order valence-corrected chi connectivity index (χ0v) is 15.5. The van der Waals surface area contributed by atoms with E-state index in [1.54, 1.807) is 19.2 Å². The Kier molecular flexibility index (Phi) is 5.44. The molecule has 134 valence electrons. The lowest BCUT2D eigenvalue weighted by molar-refractivity contribution is 0.0972. The van der Waals surface area contributed by atoms with Crippen molar-refractivity contribution in [1.29, 1.82) is 0 Å². The minimum atomic E-state index is -0.319. The van der Waals surface area contributed by atoms with E-state index in [1.165, 1.54) is 6.92 Å². The lowest BCUT2D eigenvalue weighted by Gasteiger charge is -2.11. The highest BCUT2D eigenvalue weighted by molar-refractivity contribution is 6.37. The summed E-state index contributed by atoms with van der Waals surface area (Å²) in [6.07, 6.45) is 0. The van der Waals surface area contributed by atoms with Gasteiger partial charge in [-0.3, -0.25) is 4.79 Å². The molecule has 1 aromatic heterocycles. The number of aromatic nitrogens is 2. The van der Waals surface area contributed by atoms with Crippen molar-refractivity contribution in [3.8, 4) is 22.9 Å². The SMILES string of the molecule is COc1ccc(COc2c(Cl)cc(-c3noc(C(C)=O)n3)cc2Cl)cc1. The van der Waals surface area contributed by atoms with E-state index in [2.05, 4.69) is 10.1 Å². The molecule has 6 nitrogen and oxygen atoms in total. The van der Waals surface area contributed by atoms with Gasteiger partial charge < -0.3 is 14.0 Å². The van der Waals surface area contributed by atoms with Crippen LogP contribution in [0.15, 0.2) is 40.9 Å².